The summed E-state index contributed by atoms with van der Waals surface area (Å²) in [4.78, 5) is 0. The highest BCUT2D eigenvalue weighted by Crippen LogP contribution is 2.22. The van der Waals surface area contributed by atoms with Crippen LogP contribution in [0, 0.1) is 18.6 Å². The molecule has 2 rings (SSSR count). The summed E-state index contributed by atoms with van der Waals surface area (Å²) >= 11 is 0. The SMILES string of the molecule is Cc1ccoc1C(N)Cc1cccc(F)c1F. The largest absolute Gasteiger partial charge is 0.467 e. The van der Waals surface area contributed by atoms with Gasteiger partial charge in [-0.05, 0) is 36.6 Å². The summed E-state index contributed by atoms with van der Waals surface area (Å²) < 4.78 is 31.7. The van der Waals surface area contributed by atoms with Gasteiger partial charge in [-0.3, -0.25) is 0 Å². The zero-order chi connectivity index (χ0) is 12.4. The molecule has 17 heavy (non-hydrogen) atoms. The lowest BCUT2D eigenvalue weighted by Gasteiger charge is -2.11. The molecule has 1 atom stereocenters. The third kappa shape index (κ3) is 2.36. The second kappa shape index (κ2) is 4.67. The van der Waals surface area contributed by atoms with Gasteiger partial charge in [-0.15, -0.1) is 0 Å². The van der Waals surface area contributed by atoms with E-state index in [9.17, 15) is 8.78 Å². The molecule has 0 radical (unpaired) electrons. The Bertz CT molecular complexity index is 522. The first-order valence-electron chi connectivity index (χ1n) is 5.32. The van der Waals surface area contributed by atoms with Gasteiger partial charge in [-0.2, -0.15) is 0 Å². The predicted molar refractivity (Wildman–Crippen MR) is 60.4 cm³/mol. The summed E-state index contributed by atoms with van der Waals surface area (Å²) in [6.45, 7) is 1.86. The Hall–Kier alpha value is -1.68. The van der Waals surface area contributed by atoms with E-state index in [2.05, 4.69) is 0 Å². The zero-order valence-corrected chi connectivity index (χ0v) is 9.41. The Morgan fingerprint density at radius 3 is 2.71 bits per heavy atom. The fourth-order valence-corrected chi connectivity index (χ4v) is 1.80. The first-order valence-corrected chi connectivity index (χ1v) is 5.32. The zero-order valence-electron chi connectivity index (χ0n) is 9.41. The fourth-order valence-electron chi connectivity index (χ4n) is 1.80. The van der Waals surface area contributed by atoms with Crippen LogP contribution in [0.2, 0.25) is 0 Å². The van der Waals surface area contributed by atoms with Crippen molar-refractivity contribution in [2.24, 2.45) is 5.73 Å². The quantitative estimate of drug-likeness (QED) is 0.890. The maximum absolute atomic E-state index is 13.4. The van der Waals surface area contributed by atoms with Crippen LogP contribution in [0.4, 0.5) is 8.78 Å². The number of furan rings is 1. The van der Waals surface area contributed by atoms with Crippen LogP contribution in [0.25, 0.3) is 0 Å². The molecule has 1 aromatic heterocycles. The molecule has 0 amide bonds. The molecule has 0 saturated heterocycles. The summed E-state index contributed by atoms with van der Waals surface area (Å²) in [7, 11) is 0. The Labute approximate surface area is 98.0 Å². The fraction of sp³-hybridized carbons (Fsp3) is 0.231. The van der Waals surface area contributed by atoms with Crippen LogP contribution in [-0.4, -0.2) is 0 Å². The molecule has 1 aromatic carbocycles. The van der Waals surface area contributed by atoms with E-state index in [1.54, 1.807) is 6.07 Å². The molecule has 1 heterocycles. The standard InChI is InChI=1S/C13H13F2NO/c1-8-5-6-17-13(8)11(16)7-9-3-2-4-10(14)12(9)15/h2-6,11H,7,16H2,1H3. The third-order valence-electron chi connectivity index (χ3n) is 2.71. The van der Waals surface area contributed by atoms with Gasteiger partial charge in [0.2, 0.25) is 0 Å². The topological polar surface area (TPSA) is 39.2 Å². The van der Waals surface area contributed by atoms with Crippen LogP contribution in [0.15, 0.2) is 34.9 Å². The molecular formula is C13H13F2NO. The van der Waals surface area contributed by atoms with Crippen LogP contribution in [0.3, 0.4) is 0 Å². The highest BCUT2D eigenvalue weighted by molar-refractivity contribution is 5.24. The van der Waals surface area contributed by atoms with Crippen molar-refractivity contribution < 1.29 is 13.2 Å². The van der Waals surface area contributed by atoms with Gasteiger partial charge in [0.15, 0.2) is 11.6 Å². The highest BCUT2D eigenvalue weighted by atomic mass is 19.2. The van der Waals surface area contributed by atoms with Gasteiger partial charge in [0.25, 0.3) is 0 Å². The average molecular weight is 237 g/mol. The highest BCUT2D eigenvalue weighted by Gasteiger charge is 2.16. The van der Waals surface area contributed by atoms with Crippen molar-refractivity contribution in [3.8, 4) is 0 Å². The van der Waals surface area contributed by atoms with Gasteiger partial charge in [-0.1, -0.05) is 12.1 Å². The second-order valence-corrected chi connectivity index (χ2v) is 3.99. The Kier molecular flexibility index (Phi) is 3.24. The maximum atomic E-state index is 13.4. The van der Waals surface area contributed by atoms with E-state index in [1.165, 1.54) is 18.4 Å². The van der Waals surface area contributed by atoms with E-state index in [1.807, 2.05) is 6.92 Å². The normalized spacial score (nSPS) is 12.7. The van der Waals surface area contributed by atoms with Gasteiger partial charge in [0.1, 0.15) is 5.76 Å². The molecule has 0 spiro atoms. The van der Waals surface area contributed by atoms with Gasteiger partial charge < -0.3 is 10.2 Å². The first-order chi connectivity index (χ1) is 8.09. The van der Waals surface area contributed by atoms with Crippen molar-refractivity contribution in [1.82, 2.24) is 0 Å². The van der Waals surface area contributed by atoms with Gasteiger partial charge in [-0.25, -0.2) is 8.78 Å². The van der Waals surface area contributed by atoms with Crippen molar-refractivity contribution in [2.45, 2.75) is 19.4 Å². The lowest BCUT2D eigenvalue weighted by Crippen LogP contribution is -2.14. The maximum Gasteiger partial charge on any atom is 0.162 e. The Morgan fingerprint density at radius 2 is 2.06 bits per heavy atom. The number of hydrogen-bond acceptors (Lipinski definition) is 2. The number of halogens is 2. The predicted octanol–water partition coefficient (Wildman–Crippen LogP) is 3.11. The Morgan fingerprint density at radius 1 is 1.29 bits per heavy atom. The molecule has 0 saturated carbocycles. The summed E-state index contributed by atoms with van der Waals surface area (Å²) in [5, 5.41) is 0. The van der Waals surface area contributed by atoms with Gasteiger partial charge in [0.05, 0.1) is 12.3 Å². The minimum absolute atomic E-state index is 0.206. The van der Waals surface area contributed by atoms with Crippen molar-refractivity contribution in [2.75, 3.05) is 0 Å². The smallest absolute Gasteiger partial charge is 0.162 e. The molecule has 2 nitrogen and oxygen atoms in total. The molecule has 2 N–H and O–H groups in total. The minimum atomic E-state index is -0.856. The lowest BCUT2D eigenvalue weighted by molar-refractivity contribution is 0.450. The summed E-state index contributed by atoms with van der Waals surface area (Å²) in [6, 6.07) is 5.40. The van der Waals surface area contributed by atoms with Crippen molar-refractivity contribution in [1.29, 1.82) is 0 Å². The number of benzene rings is 1. The molecular weight excluding hydrogens is 224 g/mol. The van der Waals surface area contributed by atoms with E-state index in [-0.39, 0.29) is 12.0 Å². The summed E-state index contributed by atoms with van der Waals surface area (Å²) in [5.41, 5.74) is 7.08. The van der Waals surface area contributed by atoms with Gasteiger partial charge >= 0.3 is 0 Å². The Balaban J connectivity index is 2.22. The van der Waals surface area contributed by atoms with Crippen molar-refractivity contribution in [3.05, 3.63) is 59.1 Å². The van der Waals surface area contributed by atoms with Crippen LogP contribution in [0.5, 0.6) is 0 Å². The molecule has 90 valence electrons. The van der Waals surface area contributed by atoms with Crippen molar-refractivity contribution in [3.63, 3.8) is 0 Å². The number of nitrogens with two attached hydrogens (primary N) is 1. The van der Waals surface area contributed by atoms with Crippen LogP contribution in [0.1, 0.15) is 22.9 Å². The van der Waals surface area contributed by atoms with E-state index in [4.69, 9.17) is 10.2 Å². The molecule has 1 unspecified atom stereocenters. The molecule has 0 aliphatic heterocycles. The molecule has 4 heteroatoms. The van der Waals surface area contributed by atoms with Crippen LogP contribution in [-0.2, 0) is 6.42 Å². The summed E-state index contributed by atoms with van der Waals surface area (Å²) in [6.07, 6.45) is 1.74. The third-order valence-corrected chi connectivity index (χ3v) is 2.71. The molecule has 2 aromatic rings. The lowest BCUT2D eigenvalue weighted by atomic mass is 10.0. The number of aryl methyl sites for hydroxylation is 1. The monoisotopic (exact) mass is 237 g/mol. The van der Waals surface area contributed by atoms with E-state index < -0.39 is 17.7 Å². The molecule has 0 aliphatic carbocycles. The van der Waals surface area contributed by atoms with Gasteiger partial charge in [0, 0.05) is 0 Å². The molecule has 0 fully saturated rings. The molecule has 0 aliphatic rings. The first kappa shape index (κ1) is 11.8. The van der Waals surface area contributed by atoms with Crippen LogP contribution >= 0.6 is 0 Å². The summed E-state index contributed by atoms with van der Waals surface area (Å²) in [5.74, 6) is -1.09. The second-order valence-electron chi connectivity index (χ2n) is 3.99. The number of hydrogen-bond donors (Lipinski definition) is 1. The number of rotatable bonds is 3. The van der Waals surface area contributed by atoms with Crippen molar-refractivity contribution >= 4 is 0 Å². The molecule has 0 bridgehead atoms. The minimum Gasteiger partial charge on any atom is -0.467 e. The van der Waals surface area contributed by atoms with E-state index in [0.717, 1.165) is 11.6 Å². The van der Waals surface area contributed by atoms with E-state index >= 15 is 0 Å². The average Bonchev–Trinajstić information content (AvgIpc) is 2.71. The van der Waals surface area contributed by atoms with E-state index in [0.29, 0.717) is 5.76 Å². The van der Waals surface area contributed by atoms with Crippen LogP contribution < -0.4 is 5.73 Å².